The molecule has 34 heavy (non-hydrogen) atoms. The predicted octanol–water partition coefficient (Wildman–Crippen LogP) is 6.59. The number of nitrogens with zero attached hydrogens (tertiary/aromatic N) is 2. The van der Waals surface area contributed by atoms with Gasteiger partial charge in [0.1, 0.15) is 25.0 Å². The second-order valence-corrected chi connectivity index (χ2v) is 11.2. The smallest absolute Gasteiger partial charge is 0.142 e. The molecule has 0 N–H and O–H groups in total. The number of benzene rings is 2. The molecule has 4 aliphatic rings. The molecule has 0 bridgehead atoms. The minimum atomic E-state index is 0.705. The van der Waals surface area contributed by atoms with E-state index < -0.39 is 0 Å². The first-order chi connectivity index (χ1) is 16.8. The molecule has 0 saturated heterocycles. The fourth-order valence-electron chi connectivity index (χ4n) is 6.92. The Morgan fingerprint density at radius 3 is 1.41 bits per heavy atom. The van der Waals surface area contributed by atoms with Gasteiger partial charge in [0.2, 0.25) is 0 Å². The van der Waals surface area contributed by atoms with Crippen molar-refractivity contribution in [3.63, 3.8) is 0 Å². The van der Waals surface area contributed by atoms with Gasteiger partial charge in [0, 0.05) is 36.3 Å². The van der Waals surface area contributed by atoms with Crippen LogP contribution < -0.4 is 9.47 Å². The first kappa shape index (κ1) is 22.4. The summed E-state index contributed by atoms with van der Waals surface area (Å²) in [7, 11) is 0. The van der Waals surface area contributed by atoms with E-state index >= 15 is 0 Å². The second kappa shape index (κ2) is 10.3. The lowest BCUT2D eigenvalue weighted by Gasteiger charge is -2.40. The molecule has 4 nitrogen and oxygen atoms in total. The molecule has 182 valence electrons. The molecule has 0 aromatic heterocycles. The molecule has 0 spiro atoms. The summed E-state index contributed by atoms with van der Waals surface area (Å²) in [4.78, 5) is 5.14. The Labute approximate surface area is 205 Å². The molecular weight excluding hydrogens is 420 g/mol. The Bertz CT molecular complexity index is 869. The molecule has 2 aliphatic carbocycles. The summed E-state index contributed by atoms with van der Waals surface area (Å²) in [5, 5.41) is 0. The summed E-state index contributed by atoms with van der Waals surface area (Å²) < 4.78 is 12.1. The maximum Gasteiger partial charge on any atom is 0.142 e. The predicted molar refractivity (Wildman–Crippen MR) is 136 cm³/mol. The van der Waals surface area contributed by atoms with E-state index in [1.54, 1.807) is 0 Å². The first-order valence-corrected chi connectivity index (χ1v) is 13.7. The molecule has 0 unspecified atom stereocenters. The van der Waals surface area contributed by atoms with Crippen molar-refractivity contribution in [1.82, 2.24) is 9.80 Å². The van der Waals surface area contributed by atoms with Crippen LogP contribution >= 0.6 is 0 Å². The Morgan fingerprint density at radius 1 is 0.559 bits per heavy atom. The van der Waals surface area contributed by atoms with Crippen LogP contribution in [0, 0.1) is 11.8 Å². The van der Waals surface area contributed by atoms with Gasteiger partial charge in [-0.3, -0.25) is 9.80 Å². The zero-order chi connectivity index (χ0) is 22.7. The Hall–Kier alpha value is -2.04. The van der Waals surface area contributed by atoms with Crippen molar-refractivity contribution in [2.24, 2.45) is 11.8 Å². The van der Waals surface area contributed by atoms with Crippen molar-refractivity contribution in [1.29, 1.82) is 0 Å². The lowest BCUT2D eigenvalue weighted by molar-refractivity contribution is 0.0282. The van der Waals surface area contributed by atoms with Gasteiger partial charge in [0.15, 0.2) is 0 Å². The molecule has 2 heterocycles. The van der Waals surface area contributed by atoms with E-state index in [1.165, 1.54) is 75.3 Å². The highest BCUT2D eigenvalue weighted by Crippen LogP contribution is 2.38. The quantitative estimate of drug-likeness (QED) is 0.503. The molecule has 6 rings (SSSR count). The summed E-state index contributed by atoms with van der Waals surface area (Å²) in [6.07, 6.45) is 13.9. The van der Waals surface area contributed by atoms with E-state index in [0.29, 0.717) is 12.1 Å². The maximum atomic E-state index is 6.03. The summed E-state index contributed by atoms with van der Waals surface area (Å²) >= 11 is 0. The van der Waals surface area contributed by atoms with Gasteiger partial charge in [-0.2, -0.15) is 0 Å². The topological polar surface area (TPSA) is 24.9 Å². The van der Waals surface area contributed by atoms with Crippen LogP contribution in [0.25, 0.3) is 0 Å². The molecule has 0 amide bonds. The zero-order valence-corrected chi connectivity index (χ0v) is 20.5. The third-order valence-electron chi connectivity index (χ3n) is 9.11. The van der Waals surface area contributed by atoms with E-state index in [2.05, 4.69) is 58.3 Å². The van der Waals surface area contributed by atoms with Gasteiger partial charge < -0.3 is 9.47 Å². The lowest BCUT2D eigenvalue weighted by Crippen LogP contribution is -2.42. The molecule has 2 aromatic rings. The van der Waals surface area contributed by atoms with E-state index in [1.807, 2.05) is 0 Å². The van der Waals surface area contributed by atoms with Gasteiger partial charge in [-0.15, -0.1) is 0 Å². The van der Waals surface area contributed by atoms with Crippen LogP contribution in [0.2, 0.25) is 0 Å². The highest BCUT2D eigenvalue weighted by molar-refractivity contribution is 5.35. The number of ether oxygens (including phenoxy) is 2. The van der Waals surface area contributed by atoms with Crippen LogP contribution in [0.5, 0.6) is 11.5 Å². The van der Waals surface area contributed by atoms with Crippen LogP contribution in [-0.4, -0.2) is 35.3 Å². The van der Waals surface area contributed by atoms with Crippen LogP contribution in [0.4, 0.5) is 0 Å². The van der Waals surface area contributed by atoms with Crippen molar-refractivity contribution >= 4 is 0 Å². The van der Waals surface area contributed by atoms with Crippen LogP contribution in [-0.2, 0) is 13.1 Å². The molecule has 2 fully saturated rings. The van der Waals surface area contributed by atoms with Gasteiger partial charge >= 0.3 is 0 Å². The average molecular weight is 461 g/mol. The highest BCUT2D eigenvalue weighted by Gasteiger charge is 2.31. The van der Waals surface area contributed by atoms with Crippen LogP contribution in [0.1, 0.15) is 75.3 Å². The highest BCUT2D eigenvalue weighted by atomic mass is 16.5. The Kier molecular flexibility index (Phi) is 6.79. The van der Waals surface area contributed by atoms with Gasteiger partial charge in [-0.05, 0) is 75.3 Å². The Balaban J connectivity index is 0.906. The molecule has 2 saturated carbocycles. The monoisotopic (exact) mass is 460 g/mol. The van der Waals surface area contributed by atoms with Crippen molar-refractivity contribution in [2.45, 2.75) is 89.4 Å². The molecule has 4 heteroatoms. The molecular formula is C30H40N2O2. The van der Waals surface area contributed by atoms with Crippen molar-refractivity contribution in [3.05, 3.63) is 59.7 Å². The summed E-state index contributed by atoms with van der Waals surface area (Å²) in [5.41, 5.74) is 2.71. The standard InChI is InChI=1S/C30H40N2O2/c1-3-7-29-25(5-1)19-31(21-33-29)27-15-11-23(12-16-27)9-10-24-13-17-28(18-14-24)32-20-26-6-2-4-8-30(26)34-22-32/h1-8,23-24,27-28H,9-22H2. The third-order valence-corrected chi connectivity index (χ3v) is 9.11. The molecule has 2 aliphatic heterocycles. The van der Waals surface area contributed by atoms with Gasteiger partial charge in [0.05, 0.1) is 0 Å². The van der Waals surface area contributed by atoms with E-state index in [4.69, 9.17) is 9.47 Å². The number of hydrogen-bond donors (Lipinski definition) is 0. The summed E-state index contributed by atoms with van der Waals surface area (Å²) in [5.74, 6) is 4.05. The minimum absolute atomic E-state index is 0.705. The Morgan fingerprint density at radius 2 is 0.971 bits per heavy atom. The van der Waals surface area contributed by atoms with E-state index in [0.717, 1.165) is 49.9 Å². The van der Waals surface area contributed by atoms with Gasteiger partial charge in [-0.1, -0.05) is 49.2 Å². The maximum absolute atomic E-state index is 6.03. The van der Waals surface area contributed by atoms with Gasteiger partial charge in [0.25, 0.3) is 0 Å². The fourth-order valence-corrected chi connectivity index (χ4v) is 6.92. The van der Waals surface area contributed by atoms with Crippen LogP contribution in [0.3, 0.4) is 0 Å². The minimum Gasteiger partial charge on any atom is -0.478 e. The van der Waals surface area contributed by atoms with Gasteiger partial charge in [-0.25, -0.2) is 0 Å². The van der Waals surface area contributed by atoms with Crippen molar-refractivity contribution in [2.75, 3.05) is 13.5 Å². The van der Waals surface area contributed by atoms with Crippen molar-refractivity contribution in [3.8, 4) is 11.5 Å². The summed E-state index contributed by atoms with van der Waals surface area (Å²) in [6, 6.07) is 18.5. The third kappa shape index (κ3) is 4.99. The SMILES string of the molecule is c1ccc2c(c1)CN(C1CCC(CCC3CCC(N4COc5ccccc5C4)CC3)CC1)CO2. The van der Waals surface area contributed by atoms with Crippen molar-refractivity contribution < 1.29 is 9.47 Å². The number of hydrogen-bond acceptors (Lipinski definition) is 4. The average Bonchev–Trinajstić information content (AvgIpc) is 2.92. The van der Waals surface area contributed by atoms with E-state index in [-0.39, 0.29) is 0 Å². The molecule has 2 aromatic carbocycles. The molecule has 0 atom stereocenters. The number of rotatable bonds is 5. The number of para-hydroxylation sites is 2. The lowest BCUT2D eigenvalue weighted by atomic mass is 9.77. The van der Waals surface area contributed by atoms with Crippen LogP contribution in [0.15, 0.2) is 48.5 Å². The number of fused-ring (bicyclic) bond motifs is 2. The zero-order valence-electron chi connectivity index (χ0n) is 20.5. The first-order valence-electron chi connectivity index (χ1n) is 13.7. The van der Waals surface area contributed by atoms with E-state index in [9.17, 15) is 0 Å². The normalized spacial score (nSPS) is 30.0. The fraction of sp³-hybridized carbons (Fsp3) is 0.600. The largest absolute Gasteiger partial charge is 0.478 e. The second-order valence-electron chi connectivity index (χ2n) is 11.2. The summed E-state index contributed by atoms with van der Waals surface area (Å²) in [6.45, 7) is 3.65. The molecule has 0 radical (unpaired) electrons.